The second-order valence-corrected chi connectivity index (χ2v) is 11.1. The highest BCUT2D eigenvalue weighted by Gasteiger charge is 2.40. The molecule has 1 fully saturated rings. The summed E-state index contributed by atoms with van der Waals surface area (Å²) in [7, 11) is -3.62. The lowest BCUT2D eigenvalue weighted by atomic mass is 9.84. The third-order valence-corrected chi connectivity index (χ3v) is 7.71. The molecular formula is C28H31N3O4S. The highest BCUT2D eigenvalue weighted by Crippen LogP contribution is 2.38. The van der Waals surface area contributed by atoms with Gasteiger partial charge in [-0.25, -0.2) is 0 Å². The van der Waals surface area contributed by atoms with E-state index in [2.05, 4.69) is 15.1 Å². The van der Waals surface area contributed by atoms with Crippen molar-refractivity contribution in [1.82, 2.24) is 10.2 Å². The number of nitrogens with zero attached hydrogens (tertiary/aromatic N) is 2. The van der Waals surface area contributed by atoms with Crippen LogP contribution in [0.25, 0.3) is 0 Å². The Kier molecular flexibility index (Phi) is 6.83. The molecule has 8 heteroatoms. The third-order valence-electron chi connectivity index (χ3n) is 7.08. The monoisotopic (exact) mass is 505 g/mol. The quantitative estimate of drug-likeness (QED) is 0.491. The topological polar surface area (TPSA) is 79.0 Å². The van der Waals surface area contributed by atoms with E-state index in [0.29, 0.717) is 38.0 Å². The van der Waals surface area contributed by atoms with Crippen LogP contribution in [-0.2, 0) is 19.9 Å². The number of likely N-dealkylation sites (tertiary alicyclic amines) is 1. The van der Waals surface area contributed by atoms with E-state index >= 15 is 0 Å². The van der Waals surface area contributed by atoms with Gasteiger partial charge >= 0.3 is 0 Å². The van der Waals surface area contributed by atoms with Gasteiger partial charge in [-0.1, -0.05) is 72.8 Å². The van der Waals surface area contributed by atoms with Gasteiger partial charge in [0.15, 0.2) is 0 Å². The van der Waals surface area contributed by atoms with Crippen molar-refractivity contribution < 1.29 is 17.4 Å². The molecule has 36 heavy (non-hydrogen) atoms. The van der Waals surface area contributed by atoms with Crippen LogP contribution in [0.3, 0.4) is 0 Å². The number of carbonyl (C=O) groups excluding carboxylic acids is 1. The van der Waals surface area contributed by atoms with E-state index in [9.17, 15) is 13.2 Å². The summed E-state index contributed by atoms with van der Waals surface area (Å²) in [5, 5.41) is 3.17. The van der Waals surface area contributed by atoms with Gasteiger partial charge in [-0.3, -0.25) is 8.98 Å². The van der Waals surface area contributed by atoms with Crippen molar-refractivity contribution in [2.45, 2.75) is 24.6 Å². The molecule has 0 aliphatic carbocycles. The molecule has 1 unspecified atom stereocenters. The molecule has 0 aromatic heterocycles. The Balaban J connectivity index is 1.33. The lowest BCUT2D eigenvalue weighted by molar-refractivity contribution is 0.00414. The first-order valence-electron chi connectivity index (χ1n) is 12.2. The molecule has 5 rings (SSSR count). The first-order chi connectivity index (χ1) is 17.3. The number of hydrogen-bond acceptors (Lipinski definition) is 6. The van der Waals surface area contributed by atoms with E-state index in [1.807, 2.05) is 84.9 Å². The lowest BCUT2D eigenvalue weighted by Gasteiger charge is -2.43. The molecular weight excluding hydrogens is 474 g/mol. The van der Waals surface area contributed by atoms with Gasteiger partial charge in [0, 0.05) is 26.2 Å². The summed E-state index contributed by atoms with van der Waals surface area (Å²) in [6, 6.07) is 27.3. The smallest absolute Gasteiger partial charge is 0.265 e. The Morgan fingerprint density at radius 1 is 0.889 bits per heavy atom. The second-order valence-electron chi connectivity index (χ2n) is 9.49. The molecule has 3 aromatic carbocycles. The van der Waals surface area contributed by atoms with Crippen molar-refractivity contribution in [2.75, 3.05) is 37.3 Å². The van der Waals surface area contributed by atoms with Crippen molar-refractivity contribution in [3.8, 4) is 0 Å². The normalized spacial score (nSPS) is 20.0. The number of carbonyl (C=O) groups is 1. The maximum Gasteiger partial charge on any atom is 0.265 e. The molecule has 0 bridgehead atoms. The van der Waals surface area contributed by atoms with Crippen molar-refractivity contribution >= 4 is 21.7 Å². The molecule has 0 radical (unpaired) electrons. The van der Waals surface area contributed by atoms with Crippen molar-refractivity contribution in [3.63, 3.8) is 0 Å². The van der Waals surface area contributed by atoms with Crippen LogP contribution in [0.2, 0.25) is 0 Å². The van der Waals surface area contributed by atoms with Crippen molar-refractivity contribution in [2.24, 2.45) is 0 Å². The maximum absolute atomic E-state index is 12.8. The molecule has 1 atom stereocenters. The summed E-state index contributed by atoms with van der Waals surface area (Å²) in [6.45, 7) is 2.91. The molecule has 2 aliphatic heterocycles. The number of rotatable bonds is 7. The zero-order chi connectivity index (χ0) is 25.2. The fourth-order valence-corrected chi connectivity index (χ4v) is 6.16. The Morgan fingerprint density at radius 2 is 1.50 bits per heavy atom. The lowest BCUT2D eigenvalue weighted by Crippen LogP contribution is -2.51. The molecule has 3 aromatic rings. The van der Waals surface area contributed by atoms with E-state index in [1.165, 1.54) is 0 Å². The Labute approximate surface area is 212 Å². The van der Waals surface area contributed by atoms with Gasteiger partial charge in [-0.05, 0) is 36.1 Å². The molecule has 1 N–H and O–H groups in total. The number of nitrogens with one attached hydrogen (secondary N) is 1. The predicted molar refractivity (Wildman–Crippen MR) is 140 cm³/mol. The number of amides is 1. The van der Waals surface area contributed by atoms with Crippen LogP contribution in [0, 0.1) is 0 Å². The van der Waals surface area contributed by atoms with Crippen LogP contribution in [0.1, 0.15) is 40.5 Å². The summed E-state index contributed by atoms with van der Waals surface area (Å²) in [5.74, 6) is -0.0701. The average Bonchev–Trinajstić information content (AvgIpc) is 2.89. The van der Waals surface area contributed by atoms with Gasteiger partial charge in [0.1, 0.15) is 11.8 Å². The highest BCUT2D eigenvalue weighted by molar-refractivity contribution is 7.86. The second kappa shape index (κ2) is 10.0. The zero-order valence-corrected chi connectivity index (χ0v) is 21.2. The number of fused-ring (bicyclic) bond motifs is 1. The molecule has 2 aliphatic rings. The number of hydrogen-bond donors (Lipinski definition) is 1. The number of piperidine rings is 1. The van der Waals surface area contributed by atoms with Gasteiger partial charge in [0.2, 0.25) is 0 Å². The van der Waals surface area contributed by atoms with Crippen molar-refractivity contribution in [3.05, 3.63) is 102 Å². The van der Waals surface area contributed by atoms with E-state index in [-0.39, 0.29) is 12.1 Å². The minimum Gasteiger partial charge on any atom is -0.345 e. The van der Waals surface area contributed by atoms with E-state index in [4.69, 9.17) is 4.18 Å². The van der Waals surface area contributed by atoms with Crippen molar-refractivity contribution in [1.29, 1.82) is 0 Å². The summed E-state index contributed by atoms with van der Waals surface area (Å²) in [4.78, 5) is 17.4. The SMILES string of the molecule is CS(=O)(=O)OC1(c2ccccc2)CCN(CCN2c3ccccc3C(=O)NC2c2ccccc2)CC1. The minimum absolute atomic E-state index is 0.0701. The fourth-order valence-electron chi connectivity index (χ4n) is 5.32. The average molecular weight is 506 g/mol. The summed E-state index contributed by atoms with van der Waals surface area (Å²) >= 11 is 0. The summed E-state index contributed by atoms with van der Waals surface area (Å²) < 4.78 is 30.0. The van der Waals surface area contributed by atoms with E-state index in [1.54, 1.807) is 0 Å². The van der Waals surface area contributed by atoms with Crippen LogP contribution in [0.5, 0.6) is 0 Å². The van der Waals surface area contributed by atoms with Gasteiger partial charge in [-0.15, -0.1) is 0 Å². The molecule has 2 heterocycles. The van der Waals surface area contributed by atoms with Crippen LogP contribution in [-0.4, -0.2) is 51.7 Å². The molecule has 188 valence electrons. The third kappa shape index (κ3) is 5.16. The Hall–Kier alpha value is -3.20. The first-order valence-corrected chi connectivity index (χ1v) is 14.1. The minimum atomic E-state index is -3.62. The highest BCUT2D eigenvalue weighted by atomic mass is 32.2. The number of anilines is 1. The summed E-state index contributed by atoms with van der Waals surface area (Å²) in [6.07, 6.45) is 2.03. The van der Waals surface area contributed by atoms with Gasteiger partial charge < -0.3 is 15.1 Å². The molecule has 7 nitrogen and oxygen atoms in total. The first kappa shape index (κ1) is 24.5. The predicted octanol–water partition coefficient (Wildman–Crippen LogP) is 3.90. The van der Waals surface area contributed by atoms with Gasteiger partial charge in [0.25, 0.3) is 16.0 Å². The maximum atomic E-state index is 12.8. The molecule has 1 saturated heterocycles. The summed E-state index contributed by atoms with van der Waals surface area (Å²) in [5.41, 5.74) is 2.68. The van der Waals surface area contributed by atoms with Gasteiger partial charge in [0.05, 0.1) is 17.5 Å². The Morgan fingerprint density at radius 3 is 2.17 bits per heavy atom. The molecule has 1 amide bonds. The zero-order valence-electron chi connectivity index (χ0n) is 20.3. The Bertz CT molecular complexity index is 1310. The number of benzene rings is 3. The standard InChI is InChI=1S/C28H31N3O4S/c1-36(33,34)35-28(23-12-6-3-7-13-23)16-18-30(19-17-28)20-21-31-25-15-9-8-14-24(25)27(32)29-26(31)22-10-4-2-5-11-22/h2-15,26H,16-21H2,1H3,(H,29,32). The van der Waals surface area contributed by atoms with E-state index < -0.39 is 15.7 Å². The van der Waals surface area contributed by atoms with Gasteiger partial charge in [-0.2, -0.15) is 8.42 Å². The molecule has 0 spiro atoms. The van der Waals surface area contributed by atoms with E-state index in [0.717, 1.165) is 29.6 Å². The largest absolute Gasteiger partial charge is 0.345 e. The van der Waals surface area contributed by atoms with Crippen LogP contribution < -0.4 is 10.2 Å². The molecule has 0 saturated carbocycles. The van der Waals surface area contributed by atoms with Crippen LogP contribution >= 0.6 is 0 Å². The number of para-hydroxylation sites is 1. The fraction of sp³-hybridized carbons (Fsp3) is 0.321. The van der Waals surface area contributed by atoms with Crippen LogP contribution in [0.15, 0.2) is 84.9 Å². The van der Waals surface area contributed by atoms with Crippen LogP contribution in [0.4, 0.5) is 5.69 Å².